The average Bonchev–Trinajstić information content (AvgIpc) is 2.63. The number of halogens is 1. The van der Waals surface area contributed by atoms with Crippen LogP contribution in [0.25, 0.3) is 0 Å². The second-order valence-corrected chi connectivity index (χ2v) is 4.85. The maximum absolute atomic E-state index is 12.1. The van der Waals surface area contributed by atoms with E-state index >= 15 is 0 Å². The van der Waals surface area contributed by atoms with Crippen LogP contribution < -0.4 is 16.6 Å². The maximum atomic E-state index is 12.1. The van der Waals surface area contributed by atoms with Gasteiger partial charge in [-0.1, -0.05) is 23.7 Å². The Kier molecular flexibility index (Phi) is 4.36. The average molecular weight is 297 g/mol. The summed E-state index contributed by atoms with van der Waals surface area (Å²) in [4.78, 5) is 12.1. The Morgan fingerprint density at radius 1 is 1.35 bits per heavy atom. The van der Waals surface area contributed by atoms with Gasteiger partial charge < -0.3 is 16.2 Å². The Balaban J connectivity index is 2.19. The molecule has 0 atom stereocenters. The van der Waals surface area contributed by atoms with E-state index in [1.54, 1.807) is 19.2 Å². The van der Waals surface area contributed by atoms with Crippen LogP contribution in [0.5, 0.6) is 0 Å². The summed E-state index contributed by atoms with van der Waals surface area (Å²) in [6.45, 7) is 0.565. The minimum Gasteiger partial charge on any atom is -0.394 e. The summed E-state index contributed by atoms with van der Waals surface area (Å²) in [5, 5.41) is 12.7. The molecule has 0 saturated heterocycles. The first-order valence-electron chi connectivity index (χ1n) is 6.19. The summed E-state index contributed by atoms with van der Waals surface area (Å²) >= 11 is 5.82. The molecule has 4 N–H and O–H groups in total. The van der Waals surface area contributed by atoms with Crippen LogP contribution in [0.4, 0.5) is 11.5 Å². The Hall–Kier alpha value is -1.92. The number of anilines is 2. The Morgan fingerprint density at radius 2 is 2.00 bits per heavy atom. The molecule has 20 heavy (non-hydrogen) atoms. The van der Waals surface area contributed by atoms with Crippen LogP contribution in [-0.4, -0.2) is 21.1 Å². The Morgan fingerprint density at radius 3 is 2.60 bits per heavy atom. The monoisotopic (exact) mass is 296 g/mol. The van der Waals surface area contributed by atoms with Crippen molar-refractivity contribution in [2.24, 2.45) is 7.05 Å². The van der Waals surface area contributed by atoms with E-state index in [1.165, 1.54) is 9.36 Å². The summed E-state index contributed by atoms with van der Waals surface area (Å²) in [5.41, 5.74) is 6.99. The highest BCUT2D eigenvalue weighted by molar-refractivity contribution is 6.30. The number of nitrogens with zero attached hydrogens (tertiary/aromatic N) is 2. The van der Waals surface area contributed by atoms with Crippen molar-refractivity contribution in [1.29, 1.82) is 0 Å². The SMILES string of the molecule is Cn1c(N)c(NCc2ccc(Cl)cc2)c(=O)n1CCO. The van der Waals surface area contributed by atoms with Gasteiger partial charge in [-0.2, -0.15) is 0 Å². The summed E-state index contributed by atoms with van der Waals surface area (Å²) in [6, 6.07) is 7.33. The molecule has 2 aromatic rings. The Bertz CT molecular complexity index is 646. The first-order valence-corrected chi connectivity index (χ1v) is 6.57. The molecule has 1 aromatic heterocycles. The van der Waals surface area contributed by atoms with Gasteiger partial charge in [-0.15, -0.1) is 0 Å². The summed E-state index contributed by atoms with van der Waals surface area (Å²) < 4.78 is 2.92. The van der Waals surface area contributed by atoms with Crippen LogP contribution in [0, 0.1) is 0 Å². The summed E-state index contributed by atoms with van der Waals surface area (Å²) in [5.74, 6) is 0.345. The highest BCUT2D eigenvalue weighted by atomic mass is 35.5. The minimum absolute atomic E-state index is 0.117. The van der Waals surface area contributed by atoms with Crippen LogP contribution in [0.3, 0.4) is 0 Å². The number of nitrogens with two attached hydrogens (primary N) is 1. The van der Waals surface area contributed by atoms with E-state index in [2.05, 4.69) is 5.32 Å². The number of rotatable bonds is 5. The van der Waals surface area contributed by atoms with Gasteiger partial charge in [0.2, 0.25) is 0 Å². The zero-order valence-corrected chi connectivity index (χ0v) is 11.9. The molecular formula is C13H17ClN4O2. The smallest absolute Gasteiger partial charge is 0.292 e. The van der Waals surface area contributed by atoms with Gasteiger partial charge in [0, 0.05) is 18.6 Å². The lowest BCUT2D eigenvalue weighted by Gasteiger charge is -2.05. The first-order chi connectivity index (χ1) is 9.54. The lowest BCUT2D eigenvalue weighted by molar-refractivity contribution is 0.259. The molecule has 2 rings (SSSR count). The molecule has 0 fully saturated rings. The van der Waals surface area contributed by atoms with E-state index in [1.807, 2.05) is 12.1 Å². The van der Waals surface area contributed by atoms with Gasteiger partial charge >= 0.3 is 0 Å². The number of nitrogens with one attached hydrogen (secondary N) is 1. The van der Waals surface area contributed by atoms with E-state index in [0.29, 0.717) is 23.1 Å². The maximum Gasteiger partial charge on any atom is 0.292 e. The molecule has 1 aromatic carbocycles. The Labute approximate surface area is 121 Å². The third-order valence-corrected chi connectivity index (χ3v) is 3.36. The molecule has 0 aliphatic rings. The van der Waals surface area contributed by atoms with Crippen molar-refractivity contribution in [3.8, 4) is 0 Å². The molecule has 0 aliphatic heterocycles. The quantitative estimate of drug-likeness (QED) is 0.769. The summed E-state index contributed by atoms with van der Waals surface area (Å²) in [6.07, 6.45) is 0. The predicted molar refractivity (Wildman–Crippen MR) is 79.9 cm³/mol. The third kappa shape index (κ3) is 2.81. The van der Waals surface area contributed by atoms with E-state index < -0.39 is 0 Å². The lowest BCUT2D eigenvalue weighted by atomic mass is 10.2. The van der Waals surface area contributed by atoms with E-state index in [4.69, 9.17) is 22.4 Å². The van der Waals surface area contributed by atoms with Crippen molar-refractivity contribution in [2.45, 2.75) is 13.1 Å². The molecule has 1 heterocycles. The number of hydrogen-bond donors (Lipinski definition) is 3. The molecule has 7 heteroatoms. The predicted octanol–water partition coefficient (Wildman–Crippen LogP) is 1.03. The molecular weight excluding hydrogens is 280 g/mol. The molecule has 0 amide bonds. The zero-order valence-electron chi connectivity index (χ0n) is 11.1. The van der Waals surface area contributed by atoms with E-state index in [0.717, 1.165) is 5.56 Å². The van der Waals surface area contributed by atoms with Crippen molar-refractivity contribution in [3.63, 3.8) is 0 Å². The minimum atomic E-state index is -0.243. The number of aromatic nitrogens is 2. The zero-order chi connectivity index (χ0) is 14.7. The molecule has 0 aliphatic carbocycles. The van der Waals surface area contributed by atoms with Crippen LogP contribution in [0.2, 0.25) is 5.02 Å². The molecule has 0 bridgehead atoms. The van der Waals surface area contributed by atoms with Gasteiger partial charge in [-0.3, -0.25) is 9.48 Å². The van der Waals surface area contributed by atoms with Crippen molar-refractivity contribution in [2.75, 3.05) is 17.7 Å². The van der Waals surface area contributed by atoms with Crippen LogP contribution >= 0.6 is 11.6 Å². The van der Waals surface area contributed by atoms with Gasteiger partial charge in [0.25, 0.3) is 5.56 Å². The highest BCUT2D eigenvalue weighted by Crippen LogP contribution is 2.15. The van der Waals surface area contributed by atoms with Crippen molar-refractivity contribution in [3.05, 3.63) is 45.2 Å². The lowest BCUT2D eigenvalue weighted by Crippen LogP contribution is -2.24. The van der Waals surface area contributed by atoms with Crippen molar-refractivity contribution < 1.29 is 5.11 Å². The first kappa shape index (κ1) is 14.5. The molecule has 0 saturated carbocycles. The van der Waals surface area contributed by atoms with E-state index in [-0.39, 0.29) is 18.7 Å². The molecule has 0 spiro atoms. The van der Waals surface area contributed by atoms with Crippen LogP contribution in [0.1, 0.15) is 5.56 Å². The number of aliphatic hydroxyl groups excluding tert-OH is 1. The van der Waals surface area contributed by atoms with Gasteiger partial charge in [-0.25, -0.2) is 4.68 Å². The summed E-state index contributed by atoms with van der Waals surface area (Å²) in [7, 11) is 1.68. The molecule has 108 valence electrons. The highest BCUT2D eigenvalue weighted by Gasteiger charge is 2.14. The fourth-order valence-electron chi connectivity index (χ4n) is 1.97. The van der Waals surface area contributed by atoms with Crippen molar-refractivity contribution in [1.82, 2.24) is 9.36 Å². The molecule has 0 unspecified atom stereocenters. The number of benzene rings is 1. The number of hydrogen-bond acceptors (Lipinski definition) is 4. The second kappa shape index (κ2) is 6.02. The molecule has 6 nitrogen and oxygen atoms in total. The molecule has 0 radical (unpaired) electrons. The number of aliphatic hydroxyl groups is 1. The van der Waals surface area contributed by atoms with Gasteiger partial charge in [0.1, 0.15) is 11.5 Å². The van der Waals surface area contributed by atoms with Gasteiger partial charge in [0.15, 0.2) is 0 Å². The fraction of sp³-hybridized carbons (Fsp3) is 0.308. The third-order valence-electron chi connectivity index (χ3n) is 3.11. The standard InChI is InChI=1S/C13H17ClN4O2/c1-17-12(15)11(13(20)18(17)6-7-19)16-8-9-2-4-10(14)5-3-9/h2-5,16,19H,6-8,15H2,1H3. The van der Waals surface area contributed by atoms with Crippen LogP contribution in [-0.2, 0) is 20.1 Å². The van der Waals surface area contributed by atoms with Gasteiger partial charge in [-0.05, 0) is 17.7 Å². The second-order valence-electron chi connectivity index (χ2n) is 4.42. The topological polar surface area (TPSA) is 85.2 Å². The largest absolute Gasteiger partial charge is 0.394 e. The van der Waals surface area contributed by atoms with Gasteiger partial charge in [0.05, 0.1) is 13.2 Å². The fourth-order valence-corrected chi connectivity index (χ4v) is 2.10. The number of nitrogen functional groups attached to an aromatic ring is 1. The van der Waals surface area contributed by atoms with Crippen LogP contribution in [0.15, 0.2) is 29.1 Å². The van der Waals surface area contributed by atoms with Crippen molar-refractivity contribution >= 4 is 23.1 Å². The van der Waals surface area contributed by atoms with E-state index in [9.17, 15) is 4.79 Å². The normalized spacial score (nSPS) is 10.8.